The van der Waals surface area contributed by atoms with Gasteiger partial charge in [0.05, 0.1) is 6.21 Å². The Morgan fingerprint density at radius 1 is 1.19 bits per heavy atom. The molecule has 1 aromatic rings. The Morgan fingerprint density at radius 2 is 1.81 bits per heavy atom. The van der Waals surface area contributed by atoms with Crippen LogP contribution in [-0.4, -0.2) is 18.4 Å². The highest BCUT2D eigenvalue weighted by Gasteiger charge is 1.99. The quantitative estimate of drug-likeness (QED) is 0.468. The first-order chi connectivity index (χ1) is 7.54. The van der Waals surface area contributed by atoms with E-state index in [1.807, 2.05) is 0 Å². The second-order valence-electron chi connectivity index (χ2n) is 3.74. The largest absolute Gasteiger partial charge is 0.364 e. The van der Waals surface area contributed by atoms with E-state index < -0.39 is 0 Å². The molecule has 0 unspecified atom stereocenters. The van der Waals surface area contributed by atoms with E-state index in [4.69, 9.17) is 12.2 Å². The predicted molar refractivity (Wildman–Crippen MR) is 73.0 cm³/mol. The van der Waals surface area contributed by atoms with Crippen molar-refractivity contribution in [3.8, 4) is 0 Å². The summed E-state index contributed by atoms with van der Waals surface area (Å²) in [5.74, 6) is 0. The lowest BCUT2D eigenvalue weighted by atomic mass is 10.0. The molecule has 1 rings (SSSR count). The number of benzene rings is 1. The topological polar surface area (TPSA) is 36.4 Å². The van der Waals surface area contributed by atoms with E-state index in [2.05, 4.69) is 48.7 Å². The summed E-state index contributed by atoms with van der Waals surface area (Å²) < 4.78 is 0. The van der Waals surface area contributed by atoms with E-state index in [-0.39, 0.29) is 0 Å². The molecular formula is C12H17N3S. The Morgan fingerprint density at radius 3 is 2.44 bits per heavy atom. The van der Waals surface area contributed by atoms with Crippen LogP contribution in [0.4, 0.5) is 0 Å². The Hall–Kier alpha value is -1.42. The lowest BCUT2D eigenvalue weighted by Crippen LogP contribution is -2.28. The van der Waals surface area contributed by atoms with Crippen LogP contribution >= 0.6 is 12.2 Å². The van der Waals surface area contributed by atoms with Crippen LogP contribution in [0, 0.1) is 20.8 Å². The molecule has 3 nitrogen and oxygen atoms in total. The summed E-state index contributed by atoms with van der Waals surface area (Å²) in [6, 6.07) is 4.28. The molecule has 16 heavy (non-hydrogen) atoms. The zero-order chi connectivity index (χ0) is 12.1. The number of rotatable bonds is 2. The first-order valence-electron chi connectivity index (χ1n) is 5.13. The molecule has 0 aliphatic heterocycles. The van der Waals surface area contributed by atoms with Crippen LogP contribution in [0.1, 0.15) is 22.3 Å². The van der Waals surface area contributed by atoms with Crippen molar-refractivity contribution in [2.24, 2.45) is 5.10 Å². The van der Waals surface area contributed by atoms with Crippen molar-refractivity contribution < 1.29 is 0 Å². The van der Waals surface area contributed by atoms with Gasteiger partial charge in [-0.15, -0.1) is 0 Å². The van der Waals surface area contributed by atoms with E-state index in [1.54, 1.807) is 13.3 Å². The van der Waals surface area contributed by atoms with Crippen LogP contribution in [0.25, 0.3) is 0 Å². The standard InChI is InChI=1S/C12H17N3S/c1-8-5-10(3)11(6-9(8)2)7-14-15-12(16)13-4/h5-7H,1-4H3,(H2,13,15,16)/b14-7-. The minimum absolute atomic E-state index is 0.512. The number of hydrazone groups is 1. The monoisotopic (exact) mass is 235 g/mol. The SMILES string of the molecule is CNC(=S)N/N=C\c1cc(C)c(C)cc1C. The maximum atomic E-state index is 4.91. The van der Waals surface area contributed by atoms with Crippen LogP contribution in [0.3, 0.4) is 0 Å². The summed E-state index contributed by atoms with van der Waals surface area (Å²) in [4.78, 5) is 0. The lowest BCUT2D eigenvalue weighted by molar-refractivity contribution is 0.981. The van der Waals surface area contributed by atoms with Gasteiger partial charge < -0.3 is 5.32 Å². The summed E-state index contributed by atoms with van der Waals surface area (Å²) in [6.07, 6.45) is 1.78. The lowest BCUT2D eigenvalue weighted by Gasteiger charge is -2.06. The zero-order valence-corrected chi connectivity index (χ0v) is 10.9. The highest BCUT2D eigenvalue weighted by atomic mass is 32.1. The van der Waals surface area contributed by atoms with Crippen LogP contribution in [0.2, 0.25) is 0 Å². The van der Waals surface area contributed by atoms with Gasteiger partial charge in [-0.2, -0.15) is 5.10 Å². The highest BCUT2D eigenvalue weighted by Crippen LogP contribution is 2.13. The number of nitrogens with one attached hydrogen (secondary N) is 2. The molecule has 4 heteroatoms. The second-order valence-corrected chi connectivity index (χ2v) is 4.15. The molecule has 0 spiro atoms. The van der Waals surface area contributed by atoms with Gasteiger partial charge in [0.25, 0.3) is 0 Å². The maximum Gasteiger partial charge on any atom is 0.186 e. The third kappa shape index (κ3) is 3.31. The van der Waals surface area contributed by atoms with E-state index in [1.165, 1.54) is 16.7 Å². The Kier molecular flexibility index (Phi) is 4.43. The maximum absolute atomic E-state index is 4.91. The van der Waals surface area contributed by atoms with Crippen LogP contribution in [-0.2, 0) is 0 Å². The molecule has 0 aromatic heterocycles. The molecule has 0 amide bonds. The fourth-order valence-electron chi connectivity index (χ4n) is 1.34. The molecule has 0 atom stereocenters. The first-order valence-corrected chi connectivity index (χ1v) is 5.54. The predicted octanol–water partition coefficient (Wildman–Crippen LogP) is 2.04. The Bertz CT molecular complexity index is 425. The molecule has 0 radical (unpaired) electrons. The molecule has 1 aromatic carbocycles. The van der Waals surface area contributed by atoms with Gasteiger partial charge >= 0.3 is 0 Å². The van der Waals surface area contributed by atoms with Gasteiger partial charge in [-0.05, 0) is 61.3 Å². The number of aryl methyl sites for hydroxylation is 3. The fraction of sp³-hybridized carbons (Fsp3) is 0.333. The van der Waals surface area contributed by atoms with Crippen LogP contribution < -0.4 is 10.7 Å². The molecular weight excluding hydrogens is 218 g/mol. The van der Waals surface area contributed by atoms with E-state index in [0.29, 0.717) is 5.11 Å². The van der Waals surface area contributed by atoms with Gasteiger partial charge in [0.2, 0.25) is 0 Å². The summed E-state index contributed by atoms with van der Waals surface area (Å²) in [7, 11) is 1.76. The van der Waals surface area contributed by atoms with Crippen molar-refractivity contribution in [1.82, 2.24) is 10.7 Å². The van der Waals surface area contributed by atoms with Gasteiger partial charge in [0.15, 0.2) is 5.11 Å². The van der Waals surface area contributed by atoms with Crippen LogP contribution in [0.5, 0.6) is 0 Å². The van der Waals surface area contributed by atoms with E-state index in [9.17, 15) is 0 Å². The van der Waals surface area contributed by atoms with Crippen LogP contribution in [0.15, 0.2) is 17.2 Å². The van der Waals surface area contributed by atoms with Crippen molar-refractivity contribution in [3.05, 3.63) is 34.4 Å². The minimum atomic E-state index is 0.512. The molecule has 0 fully saturated rings. The summed E-state index contributed by atoms with van der Waals surface area (Å²) >= 11 is 4.91. The van der Waals surface area contributed by atoms with Crippen molar-refractivity contribution >= 4 is 23.5 Å². The first kappa shape index (κ1) is 12.6. The average Bonchev–Trinajstić information content (AvgIpc) is 2.25. The highest BCUT2D eigenvalue weighted by molar-refractivity contribution is 7.80. The third-order valence-electron chi connectivity index (χ3n) is 2.48. The fourth-order valence-corrected chi connectivity index (χ4v) is 1.39. The van der Waals surface area contributed by atoms with Gasteiger partial charge in [0, 0.05) is 7.05 Å². The van der Waals surface area contributed by atoms with Gasteiger partial charge in [-0.1, -0.05) is 6.07 Å². The normalized spacial score (nSPS) is 10.5. The molecule has 2 N–H and O–H groups in total. The van der Waals surface area contributed by atoms with Crippen molar-refractivity contribution in [3.63, 3.8) is 0 Å². The average molecular weight is 235 g/mol. The minimum Gasteiger partial charge on any atom is -0.364 e. The number of hydrogen-bond donors (Lipinski definition) is 2. The van der Waals surface area contributed by atoms with Gasteiger partial charge in [-0.25, -0.2) is 0 Å². The number of thiocarbonyl (C=S) groups is 1. The third-order valence-corrected chi connectivity index (χ3v) is 2.77. The Labute approximate surface area is 102 Å². The van der Waals surface area contributed by atoms with E-state index >= 15 is 0 Å². The van der Waals surface area contributed by atoms with Crippen molar-refractivity contribution in [2.75, 3.05) is 7.05 Å². The summed E-state index contributed by atoms with van der Waals surface area (Å²) in [6.45, 7) is 6.28. The second kappa shape index (κ2) is 5.61. The molecule has 0 heterocycles. The molecule has 0 bridgehead atoms. The number of hydrogen-bond acceptors (Lipinski definition) is 2. The number of nitrogens with zero attached hydrogens (tertiary/aromatic N) is 1. The van der Waals surface area contributed by atoms with Crippen molar-refractivity contribution in [2.45, 2.75) is 20.8 Å². The summed E-state index contributed by atoms with van der Waals surface area (Å²) in [5.41, 5.74) is 7.62. The zero-order valence-electron chi connectivity index (χ0n) is 10.1. The summed E-state index contributed by atoms with van der Waals surface area (Å²) in [5, 5.41) is 7.37. The van der Waals surface area contributed by atoms with Gasteiger partial charge in [0.1, 0.15) is 0 Å². The van der Waals surface area contributed by atoms with E-state index in [0.717, 1.165) is 5.56 Å². The molecule has 0 saturated heterocycles. The molecule has 0 aliphatic carbocycles. The Balaban J connectivity index is 2.81. The van der Waals surface area contributed by atoms with Gasteiger partial charge in [-0.3, -0.25) is 5.43 Å². The smallest absolute Gasteiger partial charge is 0.186 e. The molecule has 86 valence electrons. The van der Waals surface area contributed by atoms with Crippen molar-refractivity contribution in [1.29, 1.82) is 0 Å². The molecule has 0 saturated carbocycles. The molecule has 0 aliphatic rings.